The van der Waals surface area contributed by atoms with Gasteiger partial charge in [0, 0.05) is 6.04 Å². The van der Waals surface area contributed by atoms with Crippen LogP contribution in [0.25, 0.3) is 0 Å². The maximum Gasteiger partial charge on any atom is 0.126 e. The highest BCUT2D eigenvalue weighted by atomic mass is 19.1. The molecule has 0 aliphatic heterocycles. The number of hydrogen-bond donors (Lipinski definition) is 1. The molecule has 0 bridgehead atoms. The van der Waals surface area contributed by atoms with Crippen molar-refractivity contribution in [2.45, 2.75) is 52.0 Å². The SMILES string of the molecule is CCCC(CCC)NCCc1ccccc1F. The predicted octanol–water partition coefficient (Wildman–Crippen LogP) is 3.93. The number of hydrogen-bond acceptors (Lipinski definition) is 1. The largest absolute Gasteiger partial charge is 0.314 e. The van der Waals surface area contributed by atoms with Gasteiger partial charge in [0.05, 0.1) is 0 Å². The van der Waals surface area contributed by atoms with Crippen LogP contribution in [0.5, 0.6) is 0 Å². The molecule has 2 heteroatoms. The first kappa shape index (κ1) is 14.2. The van der Waals surface area contributed by atoms with Gasteiger partial charge in [0.15, 0.2) is 0 Å². The van der Waals surface area contributed by atoms with Crippen molar-refractivity contribution in [3.05, 3.63) is 35.6 Å². The third-order valence-corrected chi connectivity index (χ3v) is 3.06. The van der Waals surface area contributed by atoms with E-state index in [9.17, 15) is 4.39 Å². The normalized spacial score (nSPS) is 11.1. The molecule has 1 aromatic carbocycles. The van der Waals surface area contributed by atoms with Gasteiger partial charge in [-0.15, -0.1) is 0 Å². The fourth-order valence-corrected chi connectivity index (χ4v) is 2.16. The van der Waals surface area contributed by atoms with E-state index in [0.717, 1.165) is 18.5 Å². The molecule has 0 amide bonds. The van der Waals surface area contributed by atoms with E-state index in [1.54, 1.807) is 6.07 Å². The quantitative estimate of drug-likeness (QED) is 0.722. The summed E-state index contributed by atoms with van der Waals surface area (Å²) in [4.78, 5) is 0. The van der Waals surface area contributed by atoms with E-state index in [2.05, 4.69) is 19.2 Å². The summed E-state index contributed by atoms with van der Waals surface area (Å²) in [5.74, 6) is -0.0863. The van der Waals surface area contributed by atoms with E-state index in [4.69, 9.17) is 0 Å². The van der Waals surface area contributed by atoms with Crippen molar-refractivity contribution in [1.29, 1.82) is 0 Å². The van der Waals surface area contributed by atoms with E-state index < -0.39 is 0 Å². The summed E-state index contributed by atoms with van der Waals surface area (Å²) in [6.45, 7) is 5.29. The van der Waals surface area contributed by atoms with Gasteiger partial charge in [-0.2, -0.15) is 0 Å². The highest BCUT2D eigenvalue weighted by Gasteiger charge is 2.06. The van der Waals surface area contributed by atoms with Crippen molar-refractivity contribution in [3.63, 3.8) is 0 Å². The van der Waals surface area contributed by atoms with Crippen molar-refractivity contribution in [2.75, 3.05) is 6.54 Å². The van der Waals surface area contributed by atoms with Crippen LogP contribution in [0.1, 0.15) is 45.1 Å². The zero-order valence-corrected chi connectivity index (χ0v) is 11.0. The highest BCUT2D eigenvalue weighted by Crippen LogP contribution is 2.08. The molecule has 0 fully saturated rings. The predicted molar refractivity (Wildman–Crippen MR) is 71.7 cm³/mol. The Morgan fingerprint density at radius 2 is 1.76 bits per heavy atom. The smallest absolute Gasteiger partial charge is 0.126 e. The molecule has 0 saturated carbocycles. The topological polar surface area (TPSA) is 12.0 Å². The van der Waals surface area contributed by atoms with Crippen LogP contribution in [-0.2, 0) is 6.42 Å². The first-order valence-corrected chi connectivity index (χ1v) is 6.74. The van der Waals surface area contributed by atoms with Crippen molar-refractivity contribution < 1.29 is 4.39 Å². The summed E-state index contributed by atoms with van der Waals surface area (Å²) in [6.07, 6.45) is 5.61. The molecular weight excluding hydrogens is 213 g/mol. The maximum absolute atomic E-state index is 13.4. The van der Waals surface area contributed by atoms with E-state index in [1.807, 2.05) is 12.1 Å². The van der Waals surface area contributed by atoms with Gasteiger partial charge in [-0.25, -0.2) is 4.39 Å². The Bertz CT molecular complexity index is 306. The van der Waals surface area contributed by atoms with Crippen LogP contribution in [0.4, 0.5) is 4.39 Å². The van der Waals surface area contributed by atoms with E-state index in [-0.39, 0.29) is 5.82 Å². The highest BCUT2D eigenvalue weighted by molar-refractivity contribution is 5.17. The van der Waals surface area contributed by atoms with Crippen molar-refractivity contribution in [1.82, 2.24) is 5.32 Å². The number of halogens is 1. The Morgan fingerprint density at radius 3 is 2.35 bits per heavy atom. The Hall–Kier alpha value is -0.890. The maximum atomic E-state index is 13.4. The molecule has 0 aliphatic rings. The standard InChI is InChI=1S/C15H24FN/c1-3-7-14(8-4-2)17-12-11-13-9-5-6-10-15(13)16/h5-6,9-10,14,17H,3-4,7-8,11-12H2,1-2H3. The minimum absolute atomic E-state index is 0.0863. The fourth-order valence-electron chi connectivity index (χ4n) is 2.16. The lowest BCUT2D eigenvalue weighted by molar-refractivity contribution is 0.445. The third-order valence-electron chi connectivity index (χ3n) is 3.06. The van der Waals surface area contributed by atoms with E-state index in [0.29, 0.717) is 6.04 Å². The summed E-state index contributed by atoms with van der Waals surface area (Å²) < 4.78 is 13.4. The Kier molecular flexibility index (Phi) is 6.87. The molecule has 1 aromatic rings. The zero-order chi connectivity index (χ0) is 12.5. The summed E-state index contributed by atoms with van der Waals surface area (Å²) in [5, 5.41) is 3.53. The average Bonchev–Trinajstić information content (AvgIpc) is 2.32. The lowest BCUT2D eigenvalue weighted by Gasteiger charge is -2.17. The van der Waals surface area contributed by atoms with Crippen molar-refractivity contribution >= 4 is 0 Å². The molecule has 17 heavy (non-hydrogen) atoms. The molecule has 0 saturated heterocycles. The van der Waals surface area contributed by atoms with E-state index >= 15 is 0 Å². The van der Waals surface area contributed by atoms with Gasteiger partial charge < -0.3 is 5.32 Å². The van der Waals surface area contributed by atoms with Gasteiger partial charge in [0.1, 0.15) is 5.82 Å². The molecule has 1 rings (SSSR count). The third kappa shape index (κ3) is 5.31. The molecule has 0 aromatic heterocycles. The molecule has 1 N–H and O–H groups in total. The first-order valence-electron chi connectivity index (χ1n) is 6.74. The second kappa shape index (κ2) is 8.24. The lowest BCUT2D eigenvalue weighted by Crippen LogP contribution is -2.30. The van der Waals surface area contributed by atoms with Gasteiger partial charge in [0.25, 0.3) is 0 Å². The van der Waals surface area contributed by atoms with Crippen LogP contribution in [0, 0.1) is 5.82 Å². The number of rotatable bonds is 8. The Morgan fingerprint density at radius 1 is 1.12 bits per heavy atom. The molecule has 0 radical (unpaired) electrons. The van der Waals surface area contributed by atoms with Gasteiger partial charge >= 0.3 is 0 Å². The second-order valence-electron chi connectivity index (χ2n) is 4.57. The molecule has 0 aliphatic carbocycles. The lowest BCUT2D eigenvalue weighted by atomic mass is 10.1. The molecule has 0 spiro atoms. The Balaban J connectivity index is 2.33. The van der Waals surface area contributed by atoms with Crippen LogP contribution in [0.2, 0.25) is 0 Å². The van der Waals surface area contributed by atoms with Crippen LogP contribution < -0.4 is 5.32 Å². The van der Waals surface area contributed by atoms with Gasteiger partial charge in [-0.1, -0.05) is 44.9 Å². The van der Waals surface area contributed by atoms with Gasteiger partial charge in [-0.05, 0) is 37.4 Å². The minimum atomic E-state index is -0.0863. The molecule has 0 unspecified atom stereocenters. The molecule has 1 nitrogen and oxygen atoms in total. The van der Waals surface area contributed by atoms with Crippen LogP contribution in [0.3, 0.4) is 0 Å². The molecule has 0 atom stereocenters. The van der Waals surface area contributed by atoms with Crippen LogP contribution >= 0.6 is 0 Å². The van der Waals surface area contributed by atoms with Gasteiger partial charge in [-0.3, -0.25) is 0 Å². The first-order chi connectivity index (χ1) is 8.27. The summed E-state index contributed by atoms with van der Waals surface area (Å²) >= 11 is 0. The minimum Gasteiger partial charge on any atom is -0.314 e. The van der Waals surface area contributed by atoms with Crippen LogP contribution in [-0.4, -0.2) is 12.6 Å². The monoisotopic (exact) mass is 237 g/mol. The molecule has 96 valence electrons. The number of nitrogens with one attached hydrogen (secondary N) is 1. The Labute approximate surface area is 104 Å². The molecule has 0 heterocycles. The van der Waals surface area contributed by atoms with E-state index in [1.165, 1.54) is 31.7 Å². The zero-order valence-electron chi connectivity index (χ0n) is 11.0. The fraction of sp³-hybridized carbons (Fsp3) is 0.600. The van der Waals surface area contributed by atoms with Crippen molar-refractivity contribution in [3.8, 4) is 0 Å². The summed E-state index contributed by atoms with van der Waals surface area (Å²) in [7, 11) is 0. The summed E-state index contributed by atoms with van der Waals surface area (Å²) in [5.41, 5.74) is 0.812. The van der Waals surface area contributed by atoms with Crippen LogP contribution in [0.15, 0.2) is 24.3 Å². The second-order valence-corrected chi connectivity index (χ2v) is 4.57. The molecular formula is C15H24FN. The van der Waals surface area contributed by atoms with Crippen molar-refractivity contribution in [2.24, 2.45) is 0 Å². The summed E-state index contributed by atoms with van der Waals surface area (Å²) in [6, 6.07) is 7.63. The van der Waals surface area contributed by atoms with Gasteiger partial charge in [0.2, 0.25) is 0 Å². The number of benzene rings is 1. The average molecular weight is 237 g/mol.